The van der Waals surface area contributed by atoms with Gasteiger partial charge in [-0.3, -0.25) is 0 Å². The maximum Gasteiger partial charge on any atom is 0.143 e. The number of ether oxygens (including phenoxy) is 1. The Morgan fingerprint density at radius 1 is 1.63 bits per heavy atom. The van der Waals surface area contributed by atoms with Gasteiger partial charge in [0.2, 0.25) is 0 Å². The van der Waals surface area contributed by atoms with Crippen molar-refractivity contribution in [3.8, 4) is 6.07 Å². The second-order valence-corrected chi connectivity index (χ2v) is 4.78. The molecule has 1 aliphatic heterocycles. The average Bonchev–Trinajstić information content (AvgIpc) is 2.40. The van der Waals surface area contributed by atoms with Gasteiger partial charge in [-0.2, -0.15) is 5.26 Å². The largest absolute Gasteiger partial charge is 0.381 e. The van der Waals surface area contributed by atoms with Gasteiger partial charge in [-0.1, -0.05) is 6.07 Å². The molecule has 1 aromatic carbocycles. The minimum atomic E-state index is -0.487. The van der Waals surface area contributed by atoms with E-state index in [1.54, 1.807) is 12.1 Å². The topological polar surface area (TPSA) is 57.1 Å². The van der Waals surface area contributed by atoms with Gasteiger partial charge >= 0.3 is 0 Å². The Morgan fingerprint density at radius 2 is 2.47 bits per heavy atom. The summed E-state index contributed by atoms with van der Waals surface area (Å²) in [6.07, 6.45) is 0.862. The Balaban J connectivity index is 1.97. The molecule has 19 heavy (non-hydrogen) atoms. The van der Waals surface area contributed by atoms with Crippen LogP contribution in [0.5, 0.6) is 0 Å². The van der Waals surface area contributed by atoms with E-state index in [1.807, 2.05) is 13.0 Å². The van der Waals surface area contributed by atoms with Gasteiger partial charge in [-0.05, 0) is 25.5 Å². The highest BCUT2D eigenvalue weighted by Crippen LogP contribution is 2.19. The number of hydrogen-bond acceptors (Lipinski definition) is 4. The van der Waals surface area contributed by atoms with Crippen LogP contribution in [0.2, 0.25) is 0 Å². The zero-order valence-electron chi connectivity index (χ0n) is 10.9. The highest BCUT2D eigenvalue weighted by atomic mass is 19.1. The van der Waals surface area contributed by atoms with E-state index >= 15 is 0 Å². The molecule has 0 bridgehead atoms. The maximum atomic E-state index is 13.5. The molecular formula is C14H18FN3O. The van der Waals surface area contributed by atoms with Crippen LogP contribution >= 0.6 is 0 Å². The van der Waals surface area contributed by atoms with Crippen LogP contribution < -0.4 is 10.6 Å². The lowest BCUT2D eigenvalue weighted by Crippen LogP contribution is -2.43. The van der Waals surface area contributed by atoms with Crippen LogP contribution in [-0.2, 0) is 4.74 Å². The van der Waals surface area contributed by atoms with Crippen LogP contribution in [0.4, 0.5) is 10.1 Å². The summed E-state index contributed by atoms with van der Waals surface area (Å²) in [4.78, 5) is 0. The van der Waals surface area contributed by atoms with E-state index < -0.39 is 5.82 Å². The molecule has 0 aromatic heterocycles. The van der Waals surface area contributed by atoms with Gasteiger partial charge in [0.05, 0.1) is 18.9 Å². The number of halogens is 1. The van der Waals surface area contributed by atoms with Gasteiger partial charge in [0.25, 0.3) is 0 Å². The molecule has 5 heteroatoms. The normalized spacial score (nSPS) is 20.6. The lowest BCUT2D eigenvalue weighted by Gasteiger charge is -2.27. The number of nitrogens with zero attached hydrogens (tertiary/aromatic N) is 1. The van der Waals surface area contributed by atoms with Crippen molar-refractivity contribution in [3.63, 3.8) is 0 Å². The molecule has 2 N–H and O–H groups in total. The zero-order chi connectivity index (χ0) is 13.7. The van der Waals surface area contributed by atoms with E-state index in [0.29, 0.717) is 18.3 Å². The molecule has 0 amide bonds. The minimum absolute atomic E-state index is 0.0715. The molecule has 2 rings (SSSR count). The second kappa shape index (κ2) is 6.50. The first-order valence-corrected chi connectivity index (χ1v) is 6.47. The number of nitrogens with one attached hydrogen (secondary N) is 2. The van der Waals surface area contributed by atoms with Gasteiger partial charge in [0.15, 0.2) is 0 Å². The molecule has 1 aliphatic rings. The van der Waals surface area contributed by atoms with Gasteiger partial charge < -0.3 is 15.4 Å². The molecule has 4 nitrogen and oxygen atoms in total. The van der Waals surface area contributed by atoms with Crippen molar-refractivity contribution in [3.05, 3.63) is 29.6 Å². The van der Waals surface area contributed by atoms with Gasteiger partial charge in [-0.25, -0.2) is 4.39 Å². The van der Waals surface area contributed by atoms with Gasteiger partial charge in [0.1, 0.15) is 17.4 Å². The molecule has 2 unspecified atom stereocenters. The molecule has 0 aliphatic carbocycles. The van der Waals surface area contributed by atoms with E-state index in [2.05, 4.69) is 10.6 Å². The summed E-state index contributed by atoms with van der Waals surface area (Å²) in [6.45, 7) is 4.32. The van der Waals surface area contributed by atoms with Crippen molar-refractivity contribution in [2.75, 3.05) is 25.1 Å². The standard InChI is InChI=1S/C14H18FN3O/c1-10(7-11-9-19-6-5-17-11)18-14-4-2-3-13(15)12(14)8-16/h2-4,10-11,17-18H,5-7,9H2,1H3. The van der Waals surface area contributed by atoms with Crippen LogP contribution in [0, 0.1) is 17.1 Å². The predicted octanol–water partition coefficient (Wildman–Crippen LogP) is 1.88. The van der Waals surface area contributed by atoms with E-state index in [4.69, 9.17) is 10.00 Å². The summed E-state index contributed by atoms with van der Waals surface area (Å²) in [5.41, 5.74) is 0.619. The summed E-state index contributed by atoms with van der Waals surface area (Å²) in [5.74, 6) is -0.487. The number of morpholine rings is 1. The monoisotopic (exact) mass is 263 g/mol. The summed E-state index contributed by atoms with van der Waals surface area (Å²) in [7, 11) is 0. The summed E-state index contributed by atoms with van der Waals surface area (Å²) in [6, 6.07) is 6.95. The smallest absolute Gasteiger partial charge is 0.143 e. The molecule has 1 aromatic rings. The third-order valence-electron chi connectivity index (χ3n) is 3.16. The van der Waals surface area contributed by atoms with Crippen LogP contribution in [0.15, 0.2) is 18.2 Å². The first-order valence-electron chi connectivity index (χ1n) is 6.47. The number of rotatable bonds is 4. The van der Waals surface area contributed by atoms with E-state index in [-0.39, 0.29) is 11.6 Å². The predicted molar refractivity (Wildman–Crippen MR) is 71.4 cm³/mol. The number of anilines is 1. The summed E-state index contributed by atoms with van der Waals surface area (Å²) in [5, 5.41) is 15.5. The number of benzene rings is 1. The molecule has 1 heterocycles. The second-order valence-electron chi connectivity index (χ2n) is 4.78. The van der Waals surface area contributed by atoms with Crippen LogP contribution in [0.1, 0.15) is 18.9 Å². The van der Waals surface area contributed by atoms with Crippen LogP contribution in [0.3, 0.4) is 0 Å². The maximum absolute atomic E-state index is 13.5. The Labute approximate surface area is 112 Å². The van der Waals surface area contributed by atoms with Crippen molar-refractivity contribution in [1.82, 2.24) is 5.32 Å². The third kappa shape index (κ3) is 3.66. The Bertz CT molecular complexity index is 466. The number of nitriles is 1. The lowest BCUT2D eigenvalue weighted by molar-refractivity contribution is 0.0731. The van der Waals surface area contributed by atoms with E-state index in [0.717, 1.165) is 19.6 Å². The molecular weight excluding hydrogens is 245 g/mol. The molecule has 0 saturated carbocycles. The SMILES string of the molecule is CC(CC1COCCN1)Nc1cccc(F)c1C#N. The fourth-order valence-electron chi connectivity index (χ4n) is 2.28. The Kier molecular flexibility index (Phi) is 4.72. The summed E-state index contributed by atoms with van der Waals surface area (Å²) >= 11 is 0. The third-order valence-corrected chi connectivity index (χ3v) is 3.16. The molecule has 0 radical (unpaired) electrons. The van der Waals surface area contributed by atoms with Crippen molar-refractivity contribution in [1.29, 1.82) is 5.26 Å². The van der Waals surface area contributed by atoms with Crippen LogP contribution in [0.25, 0.3) is 0 Å². The first kappa shape index (κ1) is 13.8. The van der Waals surface area contributed by atoms with Crippen molar-refractivity contribution in [2.24, 2.45) is 0 Å². The molecule has 1 saturated heterocycles. The molecule has 102 valence electrons. The van der Waals surface area contributed by atoms with Crippen molar-refractivity contribution < 1.29 is 9.13 Å². The van der Waals surface area contributed by atoms with E-state index in [1.165, 1.54) is 6.07 Å². The van der Waals surface area contributed by atoms with Gasteiger partial charge in [-0.15, -0.1) is 0 Å². The Morgan fingerprint density at radius 3 is 3.16 bits per heavy atom. The highest BCUT2D eigenvalue weighted by molar-refractivity contribution is 5.58. The number of hydrogen-bond donors (Lipinski definition) is 2. The fourth-order valence-corrected chi connectivity index (χ4v) is 2.28. The van der Waals surface area contributed by atoms with Crippen molar-refractivity contribution in [2.45, 2.75) is 25.4 Å². The quantitative estimate of drug-likeness (QED) is 0.871. The van der Waals surface area contributed by atoms with E-state index in [9.17, 15) is 4.39 Å². The fraction of sp³-hybridized carbons (Fsp3) is 0.500. The minimum Gasteiger partial charge on any atom is -0.381 e. The van der Waals surface area contributed by atoms with Crippen LogP contribution in [-0.4, -0.2) is 31.8 Å². The molecule has 2 atom stereocenters. The first-order chi connectivity index (χ1) is 9.20. The van der Waals surface area contributed by atoms with Gasteiger partial charge in [0, 0.05) is 18.6 Å². The lowest BCUT2D eigenvalue weighted by atomic mass is 10.1. The molecule has 1 fully saturated rings. The summed E-state index contributed by atoms with van der Waals surface area (Å²) < 4.78 is 18.9. The highest BCUT2D eigenvalue weighted by Gasteiger charge is 2.17. The Hall–Kier alpha value is -1.64. The van der Waals surface area contributed by atoms with Crippen molar-refractivity contribution >= 4 is 5.69 Å². The molecule has 0 spiro atoms. The zero-order valence-corrected chi connectivity index (χ0v) is 10.9. The average molecular weight is 263 g/mol.